The molecule has 0 aliphatic heterocycles. The highest BCUT2D eigenvalue weighted by atomic mass is 35.5. The second kappa shape index (κ2) is 8.03. The second-order valence-corrected chi connectivity index (χ2v) is 9.77. The first-order valence-electron chi connectivity index (χ1n) is 8.92. The van der Waals surface area contributed by atoms with E-state index in [0.717, 1.165) is 11.6 Å². The molecule has 0 aliphatic carbocycles. The maximum absolute atomic E-state index is 6.01. The van der Waals surface area contributed by atoms with Gasteiger partial charge in [0.05, 0.1) is 0 Å². The zero-order valence-electron chi connectivity index (χ0n) is 16.2. The molecular formula is C21H36ClN. The van der Waals surface area contributed by atoms with E-state index in [-0.39, 0.29) is 11.0 Å². The Labute approximate surface area is 149 Å². The fourth-order valence-electron chi connectivity index (χ4n) is 2.85. The Balaban J connectivity index is 2.46. The Bertz CT molecular complexity index is 466. The van der Waals surface area contributed by atoms with Crippen LogP contribution in [-0.2, 0) is 5.41 Å². The first-order chi connectivity index (χ1) is 10.4. The van der Waals surface area contributed by atoms with Crippen LogP contribution in [0.4, 0.5) is 0 Å². The van der Waals surface area contributed by atoms with Gasteiger partial charge in [-0.05, 0) is 81.5 Å². The molecule has 0 bridgehead atoms. The van der Waals surface area contributed by atoms with Crippen molar-refractivity contribution in [3.8, 4) is 0 Å². The normalized spacial score (nSPS) is 13.4. The van der Waals surface area contributed by atoms with E-state index in [0.29, 0.717) is 5.41 Å². The Morgan fingerprint density at radius 3 is 1.91 bits per heavy atom. The predicted molar refractivity (Wildman–Crippen MR) is 104 cm³/mol. The molecular weight excluding hydrogens is 302 g/mol. The molecule has 132 valence electrons. The number of benzene rings is 1. The summed E-state index contributed by atoms with van der Waals surface area (Å²) in [6.07, 6.45) is 4.96. The average molecular weight is 338 g/mol. The highest BCUT2D eigenvalue weighted by molar-refractivity contribution is 6.30. The molecule has 1 nitrogen and oxygen atoms in total. The molecule has 1 N–H and O–H groups in total. The van der Waals surface area contributed by atoms with E-state index in [4.69, 9.17) is 11.6 Å². The SMILES string of the molecule is CC(C)(CCCNC(C)(C)C)CCC(C)(C)c1ccc(Cl)cc1. The summed E-state index contributed by atoms with van der Waals surface area (Å²) in [5.41, 5.74) is 2.20. The molecule has 1 aromatic carbocycles. The van der Waals surface area contributed by atoms with Crippen LogP contribution in [0.1, 0.15) is 79.7 Å². The van der Waals surface area contributed by atoms with Gasteiger partial charge >= 0.3 is 0 Å². The van der Waals surface area contributed by atoms with Crippen molar-refractivity contribution < 1.29 is 0 Å². The summed E-state index contributed by atoms with van der Waals surface area (Å²) in [5, 5.41) is 4.40. The van der Waals surface area contributed by atoms with Gasteiger partial charge in [-0.3, -0.25) is 0 Å². The molecule has 2 heteroatoms. The summed E-state index contributed by atoms with van der Waals surface area (Å²) in [6, 6.07) is 8.34. The van der Waals surface area contributed by atoms with Crippen LogP contribution in [0.25, 0.3) is 0 Å². The minimum Gasteiger partial charge on any atom is -0.312 e. The Morgan fingerprint density at radius 2 is 1.39 bits per heavy atom. The molecule has 0 unspecified atom stereocenters. The van der Waals surface area contributed by atoms with Crippen molar-refractivity contribution in [1.29, 1.82) is 0 Å². The molecule has 0 radical (unpaired) electrons. The maximum Gasteiger partial charge on any atom is 0.0406 e. The summed E-state index contributed by atoms with van der Waals surface area (Å²) < 4.78 is 0. The first-order valence-corrected chi connectivity index (χ1v) is 9.30. The first kappa shape index (κ1) is 20.5. The highest BCUT2D eigenvalue weighted by Crippen LogP contribution is 2.36. The lowest BCUT2D eigenvalue weighted by Gasteiger charge is -2.32. The molecule has 0 aliphatic rings. The van der Waals surface area contributed by atoms with Crippen LogP contribution in [0.3, 0.4) is 0 Å². The van der Waals surface area contributed by atoms with Gasteiger partial charge in [0.1, 0.15) is 0 Å². The maximum atomic E-state index is 6.01. The van der Waals surface area contributed by atoms with Crippen LogP contribution >= 0.6 is 11.6 Å². The predicted octanol–water partition coefficient (Wildman–Crippen LogP) is 6.59. The number of rotatable bonds is 8. The number of hydrogen-bond acceptors (Lipinski definition) is 1. The molecule has 0 saturated heterocycles. The topological polar surface area (TPSA) is 12.0 Å². The van der Waals surface area contributed by atoms with Crippen molar-refractivity contribution in [2.75, 3.05) is 6.54 Å². The Morgan fingerprint density at radius 1 is 0.826 bits per heavy atom. The standard InChI is InChI=1S/C21H36ClN/c1-19(2,3)23-16-8-13-20(4,5)14-15-21(6,7)17-9-11-18(22)12-10-17/h9-12,23H,8,13-16H2,1-7H3. The minimum atomic E-state index is 0.200. The van der Waals surface area contributed by atoms with Crippen molar-refractivity contribution in [3.63, 3.8) is 0 Å². The largest absolute Gasteiger partial charge is 0.312 e. The Kier molecular flexibility index (Phi) is 7.16. The lowest BCUT2D eigenvalue weighted by molar-refractivity contribution is 0.256. The minimum absolute atomic E-state index is 0.200. The van der Waals surface area contributed by atoms with Gasteiger partial charge in [-0.1, -0.05) is 51.4 Å². The smallest absolute Gasteiger partial charge is 0.0406 e. The van der Waals surface area contributed by atoms with Crippen molar-refractivity contribution in [3.05, 3.63) is 34.9 Å². The fraction of sp³-hybridized carbons (Fsp3) is 0.714. The summed E-state index contributed by atoms with van der Waals surface area (Å²) in [7, 11) is 0. The van der Waals surface area contributed by atoms with Gasteiger partial charge in [-0.15, -0.1) is 0 Å². The molecule has 23 heavy (non-hydrogen) atoms. The van der Waals surface area contributed by atoms with Crippen molar-refractivity contribution in [2.45, 2.75) is 85.1 Å². The van der Waals surface area contributed by atoms with Crippen molar-refractivity contribution in [1.82, 2.24) is 5.32 Å². The monoisotopic (exact) mass is 337 g/mol. The molecule has 0 amide bonds. The van der Waals surface area contributed by atoms with E-state index >= 15 is 0 Å². The van der Waals surface area contributed by atoms with Gasteiger partial charge in [0.2, 0.25) is 0 Å². The van der Waals surface area contributed by atoms with Gasteiger partial charge in [-0.2, -0.15) is 0 Å². The van der Waals surface area contributed by atoms with Gasteiger partial charge in [-0.25, -0.2) is 0 Å². The van der Waals surface area contributed by atoms with E-state index in [9.17, 15) is 0 Å². The quantitative estimate of drug-likeness (QED) is 0.527. The van der Waals surface area contributed by atoms with Crippen LogP contribution in [0.15, 0.2) is 24.3 Å². The fourth-order valence-corrected chi connectivity index (χ4v) is 2.98. The van der Waals surface area contributed by atoms with Crippen LogP contribution in [0, 0.1) is 5.41 Å². The lowest BCUT2D eigenvalue weighted by atomic mass is 9.74. The second-order valence-electron chi connectivity index (χ2n) is 9.34. The summed E-state index contributed by atoms with van der Waals surface area (Å²) in [5.74, 6) is 0. The van der Waals surface area contributed by atoms with E-state index in [2.05, 4.69) is 65.9 Å². The van der Waals surface area contributed by atoms with Crippen LogP contribution in [0.2, 0.25) is 5.02 Å². The van der Waals surface area contributed by atoms with Crippen LogP contribution in [-0.4, -0.2) is 12.1 Å². The summed E-state index contributed by atoms with van der Waals surface area (Å²) in [4.78, 5) is 0. The zero-order chi connectivity index (χ0) is 17.7. The van der Waals surface area contributed by atoms with Crippen molar-refractivity contribution >= 4 is 11.6 Å². The average Bonchev–Trinajstić information content (AvgIpc) is 2.41. The molecule has 0 aromatic heterocycles. The number of nitrogens with one attached hydrogen (secondary N) is 1. The van der Waals surface area contributed by atoms with Crippen LogP contribution in [0.5, 0.6) is 0 Å². The van der Waals surface area contributed by atoms with E-state index < -0.39 is 0 Å². The summed E-state index contributed by atoms with van der Waals surface area (Å²) >= 11 is 6.01. The van der Waals surface area contributed by atoms with Gasteiger partial charge in [0.25, 0.3) is 0 Å². The molecule has 0 heterocycles. The van der Waals surface area contributed by atoms with E-state index in [1.54, 1.807) is 0 Å². The molecule has 1 aromatic rings. The lowest BCUT2D eigenvalue weighted by Crippen LogP contribution is -2.36. The van der Waals surface area contributed by atoms with Gasteiger partial charge in [0, 0.05) is 10.6 Å². The van der Waals surface area contributed by atoms with Crippen LogP contribution < -0.4 is 5.32 Å². The van der Waals surface area contributed by atoms with Gasteiger partial charge in [0.15, 0.2) is 0 Å². The molecule has 0 atom stereocenters. The summed E-state index contributed by atoms with van der Waals surface area (Å²) in [6.45, 7) is 17.3. The van der Waals surface area contributed by atoms with Crippen molar-refractivity contribution in [2.24, 2.45) is 5.41 Å². The third-order valence-corrected chi connectivity index (χ3v) is 4.99. The number of halogens is 1. The molecule has 0 saturated carbocycles. The molecule has 1 rings (SSSR count). The van der Waals surface area contributed by atoms with E-state index in [1.807, 2.05) is 12.1 Å². The molecule has 0 fully saturated rings. The third-order valence-electron chi connectivity index (χ3n) is 4.74. The Hall–Kier alpha value is -0.530. The van der Waals surface area contributed by atoms with E-state index in [1.165, 1.54) is 31.2 Å². The highest BCUT2D eigenvalue weighted by Gasteiger charge is 2.25. The van der Waals surface area contributed by atoms with Gasteiger partial charge < -0.3 is 5.32 Å². The number of hydrogen-bond donors (Lipinski definition) is 1. The molecule has 0 spiro atoms. The third kappa shape index (κ3) is 8.22. The zero-order valence-corrected chi connectivity index (χ0v) is 17.0.